The van der Waals surface area contributed by atoms with Gasteiger partial charge < -0.3 is 15.0 Å². The van der Waals surface area contributed by atoms with Gasteiger partial charge >= 0.3 is 0 Å². The predicted molar refractivity (Wildman–Crippen MR) is 73.0 cm³/mol. The zero-order valence-corrected chi connectivity index (χ0v) is 11.8. The number of aromatic nitrogens is 2. The van der Waals surface area contributed by atoms with Crippen molar-refractivity contribution in [2.45, 2.75) is 63.0 Å². The monoisotopic (exact) mass is 277 g/mol. The van der Waals surface area contributed by atoms with Crippen LogP contribution in [0.1, 0.15) is 68.6 Å². The summed E-state index contributed by atoms with van der Waals surface area (Å²) < 4.78 is 11.2. The second-order valence-electron chi connectivity index (χ2n) is 6.62. The van der Waals surface area contributed by atoms with E-state index in [0.29, 0.717) is 24.5 Å². The van der Waals surface area contributed by atoms with Crippen molar-refractivity contribution in [2.75, 3.05) is 6.61 Å². The van der Waals surface area contributed by atoms with Crippen LogP contribution in [0.15, 0.2) is 4.52 Å². The van der Waals surface area contributed by atoms with Crippen LogP contribution in [0, 0.1) is 11.8 Å². The number of nitrogens with zero attached hydrogens (tertiary/aromatic N) is 2. The normalized spacial score (nSPS) is 34.4. The molecule has 0 amide bonds. The van der Waals surface area contributed by atoms with Gasteiger partial charge in [-0.15, -0.1) is 0 Å². The Kier molecular flexibility index (Phi) is 3.27. The lowest BCUT2D eigenvalue weighted by atomic mass is 9.96. The van der Waals surface area contributed by atoms with Gasteiger partial charge in [-0.2, -0.15) is 4.98 Å². The Morgan fingerprint density at radius 3 is 2.55 bits per heavy atom. The molecule has 3 aliphatic rings. The Morgan fingerprint density at radius 1 is 1.15 bits per heavy atom. The molecule has 3 atom stereocenters. The fourth-order valence-electron chi connectivity index (χ4n) is 3.74. The molecule has 5 nitrogen and oxygen atoms in total. The summed E-state index contributed by atoms with van der Waals surface area (Å²) in [7, 11) is 0. The fourth-order valence-corrected chi connectivity index (χ4v) is 3.74. The van der Waals surface area contributed by atoms with Crippen LogP contribution < -0.4 is 5.73 Å². The smallest absolute Gasteiger partial charge is 0.230 e. The van der Waals surface area contributed by atoms with Gasteiger partial charge in [-0.3, -0.25) is 0 Å². The number of hydrogen-bond acceptors (Lipinski definition) is 5. The van der Waals surface area contributed by atoms with Crippen LogP contribution in [0.4, 0.5) is 0 Å². The maximum absolute atomic E-state index is 6.09. The second-order valence-corrected chi connectivity index (χ2v) is 6.62. The summed E-state index contributed by atoms with van der Waals surface area (Å²) in [6, 6.07) is -0.256. The quantitative estimate of drug-likeness (QED) is 0.895. The van der Waals surface area contributed by atoms with Crippen molar-refractivity contribution in [3.05, 3.63) is 11.7 Å². The topological polar surface area (TPSA) is 74.2 Å². The number of rotatable bonds is 5. The summed E-state index contributed by atoms with van der Waals surface area (Å²) in [6.45, 7) is 0.501. The molecular formula is C15H23N3O2. The average Bonchev–Trinajstić information content (AvgIpc) is 2.94. The van der Waals surface area contributed by atoms with Crippen molar-refractivity contribution in [2.24, 2.45) is 17.6 Å². The fraction of sp³-hybridized carbons (Fsp3) is 0.867. The van der Waals surface area contributed by atoms with Gasteiger partial charge in [0.05, 0.1) is 18.8 Å². The molecule has 110 valence electrons. The van der Waals surface area contributed by atoms with Crippen LogP contribution in [0.3, 0.4) is 0 Å². The molecule has 5 heteroatoms. The van der Waals surface area contributed by atoms with Crippen molar-refractivity contribution in [1.29, 1.82) is 0 Å². The van der Waals surface area contributed by atoms with Gasteiger partial charge in [0.15, 0.2) is 5.82 Å². The first-order chi connectivity index (χ1) is 9.83. The highest BCUT2D eigenvalue weighted by atomic mass is 16.5. The molecule has 1 aromatic rings. The SMILES string of the molecule is NC(COC1CCC1)c1noc(C2C3CCCCC32)n1. The van der Waals surface area contributed by atoms with Crippen LogP contribution in [-0.2, 0) is 4.74 Å². The molecule has 4 rings (SSSR count). The highest BCUT2D eigenvalue weighted by Crippen LogP contribution is 2.60. The Labute approximate surface area is 119 Å². The Morgan fingerprint density at radius 2 is 1.90 bits per heavy atom. The zero-order chi connectivity index (χ0) is 13.5. The molecule has 3 unspecified atom stereocenters. The minimum atomic E-state index is -0.256. The summed E-state index contributed by atoms with van der Waals surface area (Å²) in [5.41, 5.74) is 6.09. The zero-order valence-electron chi connectivity index (χ0n) is 11.8. The van der Waals surface area contributed by atoms with Crippen LogP contribution >= 0.6 is 0 Å². The Bertz CT molecular complexity index is 459. The van der Waals surface area contributed by atoms with Crippen molar-refractivity contribution in [1.82, 2.24) is 10.1 Å². The molecule has 0 spiro atoms. The van der Waals surface area contributed by atoms with Crippen LogP contribution in [0.25, 0.3) is 0 Å². The number of hydrogen-bond donors (Lipinski definition) is 1. The van der Waals surface area contributed by atoms with Gasteiger partial charge in [0.25, 0.3) is 0 Å². The number of ether oxygens (including phenoxy) is 1. The number of nitrogens with two attached hydrogens (primary N) is 1. The van der Waals surface area contributed by atoms with Gasteiger partial charge in [-0.05, 0) is 43.9 Å². The predicted octanol–water partition coefficient (Wildman–Crippen LogP) is 2.54. The molecule has 3 saturated carbocycles. The van der Waals surface area contributed by atoms with Gasteiger partial charge in [0.2, 0.25) is 5.89 Å². The minimum Gasteiger partial charge on any atom is -0.376 e. The Hall–Kier alpha value is -0.940. The summed E-state index contributed by atoms with van der Waals surface area (Å²) >= 11 is 0. The maximum atomic E-state index is 6.09. The molecule has 0 saturated heterocycles. The lowest BCUT2D eigenvalue weighted by molar-refractivity contribution is -0.00549. The van der Waals surface area contributed by atoms with E-state index in [2.05, 4.69) is 10.1 Å². The van der Waals surface area contributed by atoms with E-state index in [0.717, 1.165) is 30.6 Å². The van der Waals surface area contributed by atoms with Crippen molar-refractivity contribution >= 4 is 0 Å². The molecule has 0 aromatic carbocycles. The minimum absolute atomic E-state index is 0.256. The first-order valence-corrected chi connectivity index (χ1v) is 8.03. The third-order valence-electron chi connectivity index (χ3n) is 5.29. The maximum Gasteiger partial charge on any atom is 0.230 e. The molecule has 1 heterocycles. The molecule has 0 aliphatic heterocycles. The molecular weight excluding hydrogens is 254 g/mol. The lowest BCUT2D eigenvalue weighted by Crippen LogP contribution is -2.27. The van der Waals surface area contributed by atoms with E-state index in [1.807, 2.05) is 0 Å². The van der Waals surface area contributed by atoms with Gasteiger partial charge in [-0.1, -0.05) is 18.0 Å². The van der Waals surface area contributed by atoms with E-state index in [9.17, 15) is 0 Å². The first kappa shape index (κ1) is 12.8. The molecule has 1 aromatic heterocycles. The summed E-state index contributed by atoms with van der Waals surface area (Å²) in [5, 5.41) is 4.07. The first-order valence-electron chi connectivity index (χ1n) is 8.03. The van der Waals surface area contributed by atoms with Crippen LogP contribution in [-0.4, -0.2) is 22.9 Å². The highest BCUT2D eigenvalue weighted by molar-refractivity contribution is 5.15. The molecule has 0 radical (unpaired) electrons. The molecule has 3 fully saturated rings. The molecule has 0 bridgehead atoms. The van der Waals surface area contributed by atoms with E-state index in [1.165, 1.54) is 32.1 Å². The summed E-state index contributed by atoms with van der Waals surface area (Å²) in [4.78, 5) is 4.54. The largest absolute Gasteiger partial charge is 0.376 e. The third kappa shape index (κ3) is 2.27. The lowest BCUT2D eigenvalue weighted by Gasteiger charge is -2.26. The van der Waals surface area contributed by atoms with Crippen LogP contribution in [0.5, 0.6) is 0 Å². The standard InChI is InChI=1S/C15H23N3O2/c16-12(8-19-9-4-3-5-9)14-17-15(20-18-14)13-10-6-1-2-7-11(10)13/h9-13H,1-8,16H2. The molecule has 3 aliphatic carbocycles. The van der Waals surface area contributed by atoms with Crippen LogP contribution in [0.2, 0.25) is 0 Å². The van der Waals surface area contributed by atoms with Gasteiger partial charge in [-0.25, -0.2) is 0 Å². The average molecular weight is 277 g/mol. The highest BCUT2D eigenvalue weighted by Gasteiger charge is 2.54. The third-order valence-corrected chi connectivity index (χ3v) is 5.29. The van der Waals surface area contributed by atoms with E-state index in [4.69, 9.17) is 15.0 Å². The molecule has 20 heavy (non-hydrogen) atoms. The van der Waals surface area contributed by atoms with E-state index < -0.39 is 0 Å². The van der Waals surface area contributed by atoms with Crippen molar-refractivity contribution in [3.8, 4) is 0 Å². The van der Waals surface area contributed by atoms with Crippen molar-refractivity contribution < 1.29 is 9.26 Å². The van der Waals surface area contributed by atoms with E-state index in [1.54, 1.807) is 0 Å². The summed E-state index contributed by atoms with van der Waals surface area (Å²) in [6.07, 6.45) is 9.36. The van der Waals surface area contributed by atoms with E-state index in [-0.39, 0.29) is 6.04 Å². The second kappa shape index (κ2) is 5.11. The van der Waals surface area contributed by atoms with Gasteiger partial charge in [0.1, 0.15) is 0 Å². The summed E-state index contributed by atoms with van der Waals surface area (Å²) in [5.74, 6) is 3.52. The number of fused-ring (bicyclic) bond motifs is 1. The Balaban J connectivity index is 1.35. The van der Waals surface area contributed by atoms with Crippen molar-refractivity contribution in [3.63, 3.8) is 0 Å². The van der Waals surface area contributed by atoms with E-state index >= 15 is 0 Å². The van der Waals surface area contributed by atoms with Gasteiger partial charge in [0, 0.05) is 5.92 Å². The molecule has 2 N–H and O–H groups in total.